The second kappa shape index (κ2) is 4.78. The van der Waals surface area contributed by atoms with E-state index in [4.69, 9.17) is 4.74 Å². The van der Waals surface area contributed by atoms with E-state index in [1.807, 2.05) is 17.9 Å². The molecule has 2 aromatic heterocycles. The van der Waals surface area contributed by atoms with E-state index in [1.165, 1.54) is 6.33 Å². The van der Waals surface area contributed by atoms with Gasteiger partial charge in [0.1, 0.15) is 12.9 Å². The standard InChI is InChI=1S/C10H15N5O/c1-3-4-15-6-9(5-12-15)16-7-10-11-8-13-14(10)2/h5-6,8H,3-4,7H2,1-2H3. The van der Waals surface area contributed by atoms with Crippen LogP contribution in [-0.4, -0.2) is 24.5 Å². The van der Waals surface area contributed by atoms with Crippen LogP contribution in [0.3, 0.4) is 0 Å². The van der Waals surface area contributed by atoms with Crippen molar-refractivity contribution in [1.29, 1.82) is 0 Å². The largest absolute Gasteiger partial charge is 0.482 e. The number of rotatable bonds is 5. The summed E-state index contributed by atoms with van der Waals surface area (Å²) in [6.07, 6.45) is 6.18. The fourth-order valence-electron chi connectivity index (χ4n) is 1.37. The summed E-state index contributed by atoms with van der Waals surface area (Å²) in [5, 5.41) is 8.15. The van der Waals surface area contributed by atoms with Gasteiger partial charge in [-0.05, 0) is 6.42 Å². The van der Waals surface area contributed by atoms with E-state index >= 15 is 0 Å². The first-order valence-corrected chi connectivity index (χ1v) is 5.27. The van der Waals surface area contributed by atoms with Crippen LogP contribution < -0.4 is 4.74 Å². The number of aromatic nitrogens is 5. The summed E-state index contributed by atoms with van der Waals surface area (Å²) in [6.45, 7) is 3.43. The average molecular weight is 221 g/mol. The molecule has 0 amide bonds. The van der Waals surface area contributed by atoms with E-state index in [2.05, 4.69) is 22.1 Å². The molecule has 0 radical (unpaired) electrons. The molecule has 2 rings (SSSR count). The first-order valence-electron chi connectivity index (χ1n) is 5.27. The summed E-state index contributed by atoms with van der Waals surface area (Å²) >= 11 is 0. The van der Waals surface area contributed by atoms with E-state index in [1.54, 1.807) is 10.9 Å². The third kappa shape index (κ3) is 2.39. The lowest BCUT2D eigenvalue weighted by Gasteiger charge is -2.01. The first-order chi connectivity index (χ1) is 7.79. The Morgan fingerprint density at radius 3 is 2.94 bits per heavy atom. The highest BCUT2D eigenvalue weighted by Crippen LogP contribution is 2.10. The highest BCUT2D eigenvalue weighted by Gasteiger charge is 2.03. The SMILES string of the molecule is CCCn1cc(OCc2ncnn2C)cn1. The minimum atomic E-state index is 0.411. The van der Waals surface area contributed by atoms with Gasteiger partial charge in [-0.1, -0.05) is 6.92 Å². The molecule has 0 bridgehead atoms. The number of hydrogen-bond acceptors (Lipinski definition) is 4. The van der Waals surface area contributed by atoms with Crippen LogP contribution >= 0.6 is 0 Å². The minimum Gasteiger partial charge on any atom is -0.482 e. The maximum Gasteiger partial charge on any atom is 0.164 e. The van der Waals surface area contributed by atoms with E-state index < -0.39 is 0 Å². The Morgan fingerprint density at radius 1 is 1.38 bits per heavy atom. The van der Waals surface area contributed by atoms with Crippen molar-refractivity contribution >= 4 is 0 Å². The lowest BCUT2D eigenvalue weighted by molar-refractivity contribution is 0.289. The molecule has 2 heterocycles. The molecular weight excluding hydrogens is 206 g/mol. The van der Waals surface area contributed by atoms with Crippen molar-refractivity contribution in [2.24, 2.45) is 7.05 Å². The lowest BCUT2D eigenvalue weighted by atomic mass is 10.5. The molecule has 0 unspecified atom stereocenters. The van der Waals surface area contributed by atoms with Crippen LogP contribution in [0.1, 0.15) is 19.2 Å². The molecule has 0 saturated carbocycles. The van der Waals surface area contributed by atoms with Crippen molar-refractivity contribution in [2.75, 3.05) is 0 Å². The number of hydrogen-bond donors (Lipinski definition) is 0. The van der Waals surface area contributed by atoms with Crippen molar-refractivity contribution in [2.45, 2.75) is 26.5 Å². The Labute approximate surface area is 93.9 Å². The zero-order chi connectivity index (χ0) is 11.4. The normalized spacial score (nSPS) is 10.6. The van der Waals surface area contributed by atoms with Crippen LogP contribution in [-0.2, 0) is 20.2 Å². The molecule has 0 aliphatic heterocycles. The van der Waals surface area contributed by atoms with Crippen LogP contribution in [0.25, 0.3) is 0 Å². The van der Waals surface area contributed by atoms with E-state index in [0.29, 0.717) is 6.61 Å². The predicted molar refractivity (Wildman–Crippen MR) is 57.9 cm³/mol. The third-order valence-corrected chi connectivity index (χ3v) is 2.24. The van der Waals surface area contributed by atoms with Crippen molar-refractivity contribution in [1.82, 2.24) is 24.5 Å². The molecule has 0 spiro atoms. The Balaban J connectivity index is 1.92. The molecule has 0 aromatic carbocycles. The Bertz CT molecular complexity index is 448. The third-order valence-electron chi connectivity index (χ3n) is 2.24. The van der Waals surface area contributed by atoms with E-state index in [0.717, 1.165) is 24.5 Å². The van der Waals surface area contributed by atoms with E-state index in [9.17, 15) is 0 Å². The average Bonchev–Trinajstić information content (AvgIpc) is 2.86. The van der Waals surface area contributed by atoms with Gasteiger partial charge in [0, 0.05) is 13.6 Å². The van der Waals surface area contributed by atoms with Crippen molar-refractivity contribution in [3.8, 4) is 5.75 Å². The molecule has 0 fully saturated rings. The van der Waals surface area contributed by atoms with Gasteiger partial charge < -0.3 is 4.74 Å². The molecular formula is C10H15N5O. The molecule has 0 N–H and O–H groups in total. The second-order valence-corrected chi connectivity index (χ2v) is 3.53. The summed E-state index contributed by atoms with van der Waals surface area (Å²) in [5.74, 6) is 1.56. The maximum atomic E-state index is 5.55. The molecule has 2 aromatic rings. The molecule has 0 aliphatic rings. The van der Waals surface area contributed by atoms with Gasteiger partial charge in [0.2, 0.25) is 0 Å². The topological polar surface area (TPSA) is 57.8 Å². The Morgan fingerprint density at radius 2 is 2.25 bits per heavy atom. The van der Waals surface area contributed by atoms with Gasteiger partial charge in [0.25, 0.3) is 0 Å². The number of nitrogens with zero attached hydrogens (tertiary/aromatic N) is 5. The molecule has 0 atom stereocenters. The van der Waals surface area contributed by atoms with Crippen LogP contribution in [0.2, 0.25) is 0 Å². The molecule has 86 valence electrons. The predicted octanol–water partition coefficient (Wildman–Crippen LogP) is 1.00. The van der Waals surface area contributed by atoms with Crippen LogP contribution in [0.4, 0.5) is 0 Å². The van der Waals surface area contributed by atoms with Crippen LogP contribution in [0.15, 0.2) is 18.7 Å². The quantitative estimate of drug-likeness (QED) is 0.755. The summed E-state index contributed by atoms with van der Waals surface area (Å²) < 4.78 is 9.11. The van der Waals surface area contributed by atoms with Gasteiger partial charge in [-0.3, -0.25) is 9.36 Å². The molecule has 6 nitrogen and oxygen atoms in total. The van der Waals surface area contributed by atoms with Crippen LogP contribution in [0, 0.1) is 0 Å². The summed E-state index contributed by atoms with van der Waals surface area (Å²) in [5.41, 5.74) is 0. The summed E-state index contributed by atoms with van der Waals surface area (Å²) in [4.78, 5) is 4.07. The second-order valence-electron chi connectivity index (χ2n) is 3.53. The van der Waals surface area contributed by atoms with E-state index in [-0.39, 0.29) is 0 Å². The van der Waals surface area contributed by atoms with Crippen molar-refractivity contribution < 1.29 is 4.74 Å². The highest BCUT2D eigenvalue weighted by molar-refractivity contribution is 5.11. The molecule has 6 heteroatoms. The molecule has 16 heavy (non-hydrogen) atoms. The maximum absolute atomic E-state index is 5.55. The first kappa shape index (κ1) is 10.7. The zero-order valence-corrected chi connectivity index (χ0v) is 9.50. The van der Waals surface area contributed by atoms with Crippen LogP contribution in [0.5, 0.6) is 5.75 Å². The van der Waals surface area contributed by atoms with Gasteiger partial charge in [-0.25, -0.2) is 4.98 Å². The molecule has 0 aliphatic carbocycles. The Kier molecular flexibility index (Phi) is 3.19. The summed E-state index contributed by atoms with van der Waals surface area (Å²) in [7, 11) is 1.84. The van der Waals surface area contributed by atoms with Gasteiger partial charge in [0.15, 0.2) is 11.6 Å². The van der Waals surface area contributed by atoms with Gasteiger partial charge in [0.05, 0.1) is 12.4 Å². The van der Waals surface area contributed by atoms with Gasteiger partial charge >= 0.3 is 0 Å². The zero-order valence-electron chi connectivity index (χ0n) is 9.50. The highest BCUT2D eigenvalue weighted by atomic mass is 16.5. The fraction of sp³-hybridized carbons (Fsp3) is 0.500. The fourth-order valence-corrected chi connectivity index (χ4v) is 1.37. The smallest absolute Gasteiger partial charge is 0.164 e. The van der Waals surface area contributed by atoms with Gasteiger partial charge in [-0.2, -0.15) is 10.2 Å². The Hall–Kier alpha value is -1.85. The number of ether oxygens (including phenoxy) is 1. The number of aryl methyl sites for hydroxylation is 2. The van der Waals surface area contributed by atoms with Crippen molar-refractivity contribution in [3.63, 3.8) is 0 Å². The molecule has 0 saturated heterocycles. The lowest BCUT2D eigenvalue weighted by Crippen LogP contribution is -2.04. The minimum absolute atomic E-state index is 0.411. The monoisotopic (exact) mass is 221 g/mol. The van der Waals surface area contributed by atoms with Gasteiger partial charge in [-0.15, -0.1) is 0 Å². The van der Waals surface area contributed by atoms with Crippen molar-refractivity contribution in [3.05, 3.63) is 24.5 Å². The summed E-state index contributed by atoms with van der Waals surface area (Å²) in [6, 6.07) is 0.